The molecule has 1 aliphatic rings. The molecule has 1 atom stereocenters. The Morgan fingerprint density at radius 1 is 1.14 bits per heavy atom. The number of hydrogen-bond acceptors (Lipinski definition) is 3. The number of benzene rings is 1. The van der Waals surface area contributed by atoms with Gasteiger partial charge in [0.2, 0.25) is 0 Å². The van der Waals surface area contributed by atoms with Gasteiger partial charge in [0.25, 0.3) is 0 Å². The quantitative estimate of drug-likeness (QED) is 0.877. The fourth-order valence-electron chi connectivity index (χ4n) is 2.44. The number of rotatable bonds is 5. The largest absolute Gasteiger partial charge is 0.460 e. The van der Waals surface area contributed by atoms with Gasteiger partial charge in [-0.05, 0) is 43.2 Å². The van der Waals surface area contributed by atoms with Crippen molar-refractivity contribution in [1.29, 1.82) is 0 Å². The molecule has 1 aliphatic heterocycles. The van der Waals surface area contributed by atoms with Gasteiger partial charge in [0.1, 0.15) is 11.5 Å². The van der Waals surface area contributed by atoms with Gasteiger partial charge in [0.05, 0.1) is 22.7 Å². The first-order valence-corrected chi connectivity index (χ1v) is 7.84. The number of furan rings is 1. The van der Waals surface area contributed by atoms with E-state index >= 15 is 0 Å². The topological polar surface area (TPSA) is 34.4 Å². The van der Waals surface area contributed by atoms with Crippen molar-refractivity contribution in [3.63, 3.8) is 0 Å². The molecular weight excluding hydrogens is 309 g/mol. The number of nitrogens with one attached hydrogen (secondary N) is 1. The van der Waals surface area contributed by atoms with E-state index in [0.717, 1.165) is 43.1 Å². The van der Waals surface area contributed by atoms with Crippen molar-refractivity contribution in [1.82, 2.24) is 5.32 Å². The Balaban J connectivity index is 1.58. The van der Waals surface area contributed by atoms with Crippen LogP contribution in [0.3, 0.4) is 0 Å². The molecule has 0 radical (unpaired) electrons. The molecule has 2 heterocycles. The Morgan fingerprint density at radius 2 is 2.05 bits per heavy atom. The van der Waals surface area contributed by atoms with Crippen LogP contribution in [0.2, 0.25) is 10.0 Å². The lowest BCUT2D eigenvalue weighted by atomic mass is 10.2. The summed E-state index contributed by atoms with van der Waals surface area (Å²) in [6.45, 7) is 2.44. The summed E-state index contributed by atoms with van der Waals surface area (Å²) in [5.41, 5.74) is 0.926. The lowest BCUT2D eigenvalue weighted by Crippen LogP contribution is -2.25. The normalized spacial score (nSPS) is 18.3. The third kappa shape index (κ3) is 3.80. The van der Waals surface area contributed by atoms with Gasteiger partial charge in [-0.25, -0.2) is 0 Å². The van der Waals surface area contributed by atoms with E-state index in [9.17, 15) is 0 Å². The molecule has 1 N–H and O–H groups in total. The molecule has 5 heteroatoms. The second-order valence-electron chi connectivity index (χ2n) is 5.16. The van der Waals surface area contributed by atoms with E-state index in [1.54, 1.807) is 6.07 Å². The first kappa shape index (κ1) is 14.9. The Morgan fingerprint density at radius 3 is 2.81 bits per heavy atom. The average molecular weight is 326 g/mol. The Hall–Kier alpha value is -1.00. The zero-order valence-electron chi connectivity index (χ0n) is 11.6. The van der Waals surface area contributed by atoms with Crippen molar-refractivity contribution >= 4 is 23.2 Å². The van der Waals surface area contributed by atoms with Gasteiger partial charge in [0, 0.05) is 18.7 Å². The molecule has 0 spiro atoms. The summed E-state index contributed by atoms with van der Waals surface area (Å²) >= 11 is 11.9. The van der Waals surface area contributed by atoms with E-state index in [1.807, 2.05) is 24.3 Å². The predicted octanol–water partition coefficient (Wildman–Crippen LogP) is 4.52. The van der Waals surface area contributed by atoms with Crippen LogP contribution in [0.25, 0.3) is 11.3 Å². The van der Waals surface area contributed by atoms with Gasteiger partial charge >= 0.3 is 0 Å². The van der Waals surface area contributed by atoms with Gasteiger partial charge in [-0.3, -0.25) is 0 Å². The molecule has 112 valence electrons. The van der Waals surface area contributed by atoms with Gasteiger partial charge in [-0.1, -0.05) is 23.2 Å². The highest BCUT2D eigenvalue weighted by atomic mass is 35.5. The first-order valence-electron chi connectivity index (χ1n) is 7.09. The van der Waals surface area contributed by atoms with Crippen molar-refractivity contribution in [2.24, 2.45) is 0 Å². The smallest absolute Gasteiger partial charge is 0.134 e. The zero-order chi connectivity index (χ0) is 14.7. The molecule has 0 bridgehead atoms. The molecule has 3 rings (SSSR count). The number of ether oxygens (including phenoxy) is 1. The van der Waals surface area contributed by atoms with Crippen molar-refractivity contribution in [2.45, 2.75) is 25.5 Å². The van der Waals surface area contributed by atoms with Crippen LogP contribution >= 0.6 is 23.2 Å². The second-order valence-corrected chi connectivity index (χ2v) is 5.98. The molecule has 0 saturated carbocycles. The molecule has 3 nitrogen and oxygen atoms in total. The minimum absolute atomic E-state index is 0.342. The molecule has 1 aromatic heterocycles. The monoisotopic (exact) mass is 325 g/mol. The highest BCUT2D eigenvalue weighted by Gasteiger charge is 2.15. The highest BCUT2D eigenvalue weighted by molar-refractivity contribution is 6.42. The molecule has 2 aromatic rings. The van der Waals surface area contributed by atoms with Crippen LogP contribution in [-0.2, 0) is 11.3 Å². The maximum atomic E-state index is 6.03. The Kier molecular flexibility index (Phi) is 4.86. The summed E-state index contributed by atoms with van der Waals surface area (Å²) < 4.78 is 11.4. The fraction of sp³-hybridized carbons (Fsp3) is 0.375. The van der Waals surface area contributed by atoms with Gasteiger partial charge in [0.15, 0.2) is 0 Å². The molecule has 0 aliphatic carbocycles. The van der Waals surface area contributed by atoms with Crippen LogP contribution in [0.15, 0.2) is 34.7 Å². The summed E-state index contributed by atoms with van der Waals surface area (Å²) in [4.78, 5) is 0. The molecule has 1 saturated heterocycles. The number of halogens is 2. The molecule has 1 unspecified atom stereocenters. The molecular formula is C16H17Cl2NO2. The van der Waals surface area contributed by atoms with Crippen molar-refractivity contribution in [3.8, 4) is 11.3 Å². The predicted molar refractivity (Wildman–Crippen MR) is 84.8 cm³/mol. The van der Waals surface area contributed by atoms with Crippen LogP contribution in [0.5, 0.6) is 0 Å². The minimum atomic E-state index is 0.342. The van der Waals surface area contributed by atoms with E-state index in [4.69, 9.17) is 32.4 Å². The summed E-state index contributed by atoms with van der Waals surface area (Å²) in [7, 11) is 0. The first-order chi connectivity index (χ1) is 10.2. The third-order valence-electron chi connectivity index (χ3n) is 3.56. The maximum Gasteiger partial charge on any atom is 0.134 e. The van der Waals surface area contributed by atoms with Crippen LogP contribution in [0.1, 0.15) is 18.6 Å². The fourth-order valence-corrected chi connectivity index (χ4v) is 2.74. The van der Waals surface area contributed by atoms with Gasteiger partial charge < -0.3 is 14.5 Å². The summed E-state index contributed by atoms with van der Waals surface area (Å²) in [6.07, 6.45) is 2.64. The van der Waals surface area contributed by atoms with Gasteiger partial charge in [-0.15, -0.1) is 0 Å². The third-order valence-corrected chi connectivity index (χ3v) is 4.30. The van der Waals surface area contributed by atoms with E-state index in [0.29, 0.717) is 22.7 Å². The molecule has 21 heavy (non-hydrogen) atoms. The number of hydrogen-bond donors (Lipinski definition) is 1. The summed E-state index contributed by atoms with van der Waals surface area (Å²) in [5, 5.41) is 4.44. The average Bonchev–Trinajstić information content (AvgIpc) is 3.13. The van der Waals surface area contributed by atoms with Crippen LogP contribution in [-0.4, -0.2) is 19.3 Å². The Bertz CT molecular complexity index is 606. The highest BCUT2D eigenvalue weighted by Crippen LogP contribution is 2.29. The van der Waals surface area contributed by atoms with E-state index in [2.05, 4.69) is 5.32 Å². The van der Waals surface area contributed by atoms with Crippen LogP contribution in [0.4, 0.5) is 0 Å². The van der Waals surface area contributed by atoms with Gasteiger partial charge in [-0.2, -0.15) is 0 Å². The molecule has 1 fully saturated rings. The van der Waals surface area contributed by atoms with Crippen molar-refractivity contribution < 1.29 is 9.15 Å². The Labute approximate surface area is 134 Å². The van der Waals surface area contributed by atoms with E-state index < -0.39 is 0 Å². The minimum Gasteiger partial charge on any atom is -0.460 e. The lowest BCUT2D eigenvalue weighted by molar-refractivity contribution is 0.109. The van der Waals surface area contributed by atoms with Crippen molar-refractivity contribution in [2.75, 3.05) is 13.2 Å². The summed E-state index contributed by atoms with van der Waals surface area (Å²) in [5.74, 6) is 1.69. The van der Waals surface area contributed by atoms with Crippen molar-refractivity contribution in [3.05, 3.63) is 46.1 Å². The zero-order valence-corrected chi connectivity index (χ0v) is 13.1. The molecule has 1 aromatic carbocycles. The van der Waals surface area contributed by atoms with Crippen LogP contribution < -0.4 is 5.32 Å². The standard InChI is InChI=1S/C16H17Cl2NO2/c17-14-5-3-11(8-15(14)18)16-6-4-13(21-16)10-19-9-12-2-1-7-20-12/h3-6,8,12,19H,1-2,7,9-10H2. The molecule has 0 amide bonds. The van der Waals surface area contributed by atoms with Crippen LogP contribution in [0, 0.1) is 0 Å². The summed E-state index contributed by atoms with van der Waals surface area (Å²) in [6, 6.07) is 9.41. The van der Waals surface area contributed by atoms with E-state index in [1.165, 1.54) is 0 Å². The lowest BCUT2D eigenvalue weighted by Gasteiger charge is -2.09. The maximum absolute atomic E-state index is 6.03. The van der Waals surface area contributed by atoms with E-state index in [-0.39, 0.29) is 0 Å². The second kappa shape index (κ2) is 6.84. The SMILES string of the molecule is Clc1ccc(-c2ccc(CNCC3CCCO3)o2)cc1Cl.